The number of nitriles is 1. The Morgan fingerprint density at radius 1 is 1.26 bits per heavy atom. The Labute approximate surface area is 113 Å². The summed E-state index contributed by atoms with van der Waals surface area (Å²) in [4.78, 5) is 2.54. The number of hydrogen-bond donors (Lipinski definition) is 1. The summed E-state index contributed by atoms with van der Waals surface area (Å²) in [6.45, 7) is 6.19. The topological polar surface area (TPSA) is 64.8 Å². The van der Waals surface area contributed by atoms with Crippen molar-refractivity contribution >= 4 is 5.82 Å². The van der Waals surface area contributed by atoms with Crippen LogP contribution in [0.1, 0.15) is 36.1 Å². The van der Waals surface area contributed by atoms with Crippen molar-refractivity contribution in [2.24, 2.45) is 0 Å². The van der Waals surface area contributed by atoms with Gasteiger partial charge in [-0.15, -0.1) is 5.10 Å². The zero-order valence-electron chi connectivity index (χ0n) is 11.5. The lowest BCUT2D eigenvalue weighted by Crippen LogP contribution is -2.34. The van der Waals surface area contributed by atoms with Gasteiger partial charge >= 0.3 is 0 Å². The van der Waals surface area contributed by atoms with E-state index in [0.29, 0.717) is 23.5 Å². The number of hydrogen-bond acceptors (Lipinski definition) is 5. The molecule has 100 valence electrons. The SMILES string of the molecule is Cc1nnc(NC2CCN3CCCC23)c(C#N)c1C. The number of fused-ring (bicyclic) bond motifs is 1. The van der Waals surface area contributed by atoms with Crippen molar-refractivity contribution in [2.45, 2.75) is 45.2 Å². The summed E-state index contributed by atoms with van der Waals surface area (Å²) in [7, 11) is 0. The summed E-state index contributed by atoms with van der Waals surface area (Å²) in [5, 5.41) is 21.1. The first kappa shape index (κ1) is 12.4. The Bertz CT molecular complexity index is 533. The van der Waals surface area contributed by atoms with Gasteiger partial charge in [-0.3, -0.25) is 4.90 Å². The first-order valence-electron chi connectivity index (χ1n) is 6.95. The van der Waals surface area contributed by atoms with Crippen molar-refractivity contribution in [1.29, 1.82) is 5.26 Å². The lowest BCUT2D eigenvalue weighted by Gasteiger charge is -2.22. The van der Waals surface area contributed by atoms with Crippen LogP contribution in [0.2, 0.25) is 0 Å². The molecule has 3 heterocycles. The highest BCUT2D eigenvalue weighted by Crippen LogP contribution is 2.30. The maximum absolute atomic E-state index is 9.32. The lowest BCUT2D eigenvalue weighted by molar-refractivity contribution is 0.318. The summed E-state index contributed by atoms with van der Waals surface area (Å²) in [5.74, 6) is 0.657. The van der Waals surface area contributed by atoms with Crippen LogP contribution in [0.25, 0.3) is 0 Å². The predicted octanol–water partition coefficient (Wildman–Crippen LogP) is 1.61. The summed E-state index contributed by atoms with van der Waals surface area (Å²) in [5.41, 5.74) is 2.40. The molecule has 0 radical (unpaired) electrons. The van der Waals surface area contributed by atoms with E-state index >= 15 is 0 Å². The number of rotatable bonds is 2. The molecule has 0 bridgehead atoms. The summed E-state index contributed by atoms with van der Waals surface area (Å²) >= 11 is 0. The molecule has 0 aliphatic carbocycles. The average molecular weight is 257 g/mol. The predicted molar refractivity (Wildman–Crippen MR) is 72.8 cm³/mol. The molecule has 0 saturated carbocycles. The van der Waals surface area contributed by atoms with Gasteiger partial charge in [0, 0.05) is 18.6 Å². The van der Waals surface area contributed by atoms with Gasteiger partial charge in [0.2, 0.25) is 0 Å². The monoisotopic (exact) mass is 257 g/mol. The Morgan fingerprint density at radius 3 is 2.89 bits per heavy atom. The van der Waals surface area contributed by atoms with Crippen LogP contribution < -0.4 is 5.32 Å². The molecule has 1 aromatic heterocycles. The number of anilines is 1. The third-order valence-corrected chi connectivity index (χ3v) is 4.49. The number of aromatic nitrogens is 2. The molecule has 2 atom stereocenters. The van der Waals surface area contributed by atoms with Crippen molar-refractivity contribution in [2.75, 3.05) is 18.4 Å². The molecule has 5 nitrogen and oxygen atoms in total. The van der Waals surface area contributed by atoms with Crippen molar-refractivity contribution in [1.82, 2.24) is 15.1 Å². The summed E-state index contributed by atoms with van der Waals surface area (Å²) in [6, 6.07) is 3.27. The van der Waals surface area contributed by atoms with E-state index in [-0.39, 0.29) is 0 Å². The van der Waals surface area contributed by atoms with Gasteiger partial charge in [0.05, 0.1) is 5.69 Å². The zero-order chi connectivity index (χ0) is 13.4. The molecule has 2 fully saturated rings. The smallest absolute Gasteiger partial charge is 0.167 e. The molecule has 2 aliphatic heterocycles. The largest absolute Gasteiger partial charge is 0.363 e. The van der Waals surface area contributed by atoms with E-state index in [4.69, 9.17) is 0 Å². The second kappa shape index (κ2) is 4.78. The normalized spacial score (nSPS) is 26.2. The third-order valence-electron chi connectivity index (χ3n) is 4.49. The molecule has 2 unspecified atom stereocenters. The standard InChI is InChI=1S/C14H19N5/c1-9-10(2)17-18-14(11(9)8-15)16-12-5-7-19-6-3-4-13(12)19/h12-13H,3-7H2,1-2H3,(H,16,18). The van der Waals surface area contributed by atoms with Crippen LogP contribution in [0.4, 0.5) is 5.82 Å². The van der Waals surface area contributed by atoms with Gasteiger partial charge in [-0.1, -0.05) is 0 Å². The van der Waals surface area contributed by atoms with Gasteiger partial charge in [-0.2, -0.15) is 10.4 Å². The van der Waals surface area contributed by atoms with E-state index in [0.717, 1.165) is 24.2 Å². The number of nitrogens with zero attached hydrogens (tertiary/aromatic N) is 4. The Balaban J connectivity index is 1.84. The van der Waals surface area contributed by atoms with E-state index in [1.165, 1.54) is 19.4 Å². The number of nitrogens with one attached hydrogen (secondary N) is 1. The molecule has 0 aromatic carbocycles. The fourth-order valence-corrected chi connectivity index (χ4v) is 3.27. The van der Waals surface area contributed by atoms with Gasteiger partial charge in [0.1, 0.15) is 11.6 Å². The van der Waals surface area contributed by atoms with Crippen LogP contribution in [0.15, 0.2) is 0 Å². The molecular weight excluding hydrogens is 238 g/mol. The Hall–Kier alpha value is -1.67. The maximum Gasteiger partial charge on any atom is 0.167 e. The van der Waals surface area contributed by atoms with Crippen molar-refractivity contribution in [3.8, 4) is 6.07 Å². The van der Waals surface area contributed by atoms with Crippen LogP contribution in [0.3, 0.4) is 0 Å². The number of aryl methyl sites for hydroxylation is 1. The highest BCUT2D eigenvalue weighted by molar-refractivity contribution is 5.56. The minimum absolute atomic E-state index is 0.408. The van der Waals surface area contributed by atoms with Gasteiger partial charge in [-0.05, 0) is 45.2 Å². The minimum atomic E-state index is 0.408. The molecule has 2 aliphatic rings. The molecule has 1 aromatic rings. The summed E-state index contributed by atoms with van der Waals surface area (Å²) < 4.78 is 0. The Morgan fingerprint density at radius 2 is 2.11 bits per heavy atom. The highest BCUT2D eigenvalue weighted by Gasteiger charge is 2.37. The highest BCUT2D eigenvalue weighted by atomic mass is 15.3. The fourth-order valence-electron chi connectivity index (χ4n) is 3.27. The van der Waals surface area contributed by atoms with Gasteiger partial charge in [0.15, 0.2) is 5.82 Å². The molecule has 5 heteroatoms. The zero-order valence-corrected chi connectivity index (χ0v) is 11.5. The second-order valence-electron chi connectivity index (χ2n) is 5.53. The van der Waals surface area contributed by atoms with E-state index in [2.05, 4.69) is 26.5 Å². The fraction of sp³-hybridized carbons (Fsp3) is 0.643. The molecule has 3 rings (SSSR count). The lowest BCUT2D eigenvalue weighted by atomic mass is 10.1. The van der Waals surface area contributed by atoms with Crippen LogP contribution in [0.5, 0.6) is 0 Å². The van der Waals surface area contributed by atoms with Gasteiger partial charge in [0.25, 0.3) is 0 Å². The van der Waals surface area contributed by atoms with Crippen molar-refractivity contribution in [3.63, 3.8) is 0 Å². The molecule has 2 saturated heterocycles. The first-order chi connectivity index (χ1) is 9.20. The maximum atomic E-state index is 9.32. The second-order valence-corrected chi connectivity index (χ2v) is 5.53. The molecule has 1 N–H and O–H groups in total. The van der Waals surface area contributed by atoms with E-state index in [1.807, 2.05) is 13.8 Å². The molecule has 0 amide bonds. The third kappa shape index (κ3) is 2.06. The van der Waals surface area contributed by atoms with E-state index in [9.17, 15) is 5.26 Å². The van der Waals surface area contributed by atoms with Crippen molar-refractivity contribution < 1.29 is 0 Å². The minimum Gasteiger partial charge on any atom is -0.363 e. The molecule has 19 heavy (non-hydrogen) atoms. The van der Waals surface area contributed by atoms with Crippen LogP contribution >= 0.6 is 0 Å². The Kier molecular flexibility index (Phi) is 3.11. The van der Waals surface area contributed by atoms with Gasteiger partial charge in [-0.25, -0.2) is 0 Å². The van der Waals surface area contributed by atoms with E-state index in [1.54, 1.807) is 0 Å². The quantitative estimate of drug-likeness (QED) is 0.872. The summed E-state index contributed by atoms with van der Waals surface area (Å²) in [6.07, 6.45) is 3.66. The molecular formula is C14H19N5. The first-order valence-corrected chi connectivity index (χ1v) is 6.95. The van der Waals surface area contributed by atoms with Crippen LogP contribution in [0, 0.1) is 25.2 Å². The van der Waals surface area contributed by atoms with Crippen LogP contribution in [-0.2, 0) is 0 Å². The molecule has 0 spiro atoms. The average Bonchev–Trinajstić information content (AvgIpc) is 2.99. The van der Waals surface area contributed by atoms with Crippen LogP contribution in [-0.4, -0.2) is 40.3 Å². The van der Waals surface area contributed by atoms with Crippen molar-refractivity contribution in [3.05, 3.63) is 16.8 Å². The van der Waals surface area contributed by atoms with Gasteiger partial charge < -0.3 is 5.32 Å². The van der Waals surface area contributed by atoms with E-state index < -0.39 is 0 Å².